The molecule has 0 aliphatic carbocycles. The Morgan fingerprint density at radius 2 is 1.95 bits per heavy atom. The highest BCUT2D eigenvalue weighted by atomic mass is 32.1. The Morgan fingerprint density at radius 3 is 2.70 bits per heavy atom. The summed E-state index contributed by atoms with van der Waals surface area (Å²) in [5.41, 5.74) is 2.48. The van der Waals surface area contributed by atoms with Crippen molar-refractivity contribution in [2.24, 2.45) is 10.9 Å². The first-order valence-corrected chi connectivity index (χ1v) is 13.9. The summed E-state index contributed by atoms with van der Waals surface area (Å²) >= 11 is 5.56. The van der Waals surface area contributed by atoms with Gasteiger partial charge < -0.3 is 30.2 Å². The van der Waals surface area contributed by atoms with E-state index in [0.717, 1.165) is 5.56 Å². The number of hydrogen-bond donors (Lipinski definition) is 4. The van der Waals surface area contributed by atoms with E-state index in [0.29, 0.717) is 29.8 Å². The summed E-state index contributed by atoms with van der Waals surface area (Å²) in [5.74, 6) is 4.26. The molecule has 10 nitrogen and oxygen atoms in total. The summed E-state index contributed by atoms with van der Waals surface area (Å²) in [6.07, 6.45) is 4.24. The summed E-state index contributed by atoms with van der Waals surface area (Å²) in [6.45, 7) is 2.50. The van der Waals surface area contributed by atoms with Crippen LogP contribution >= 0.6 is 12.2 Å². The van der Waals surface area contributed by atoms with E-state index in [1.165, 1.54) is 24.7 Å². The summed E-state index contributed by atoms with van der Waals surface area (Å²) < 4.78 is 5.24. The number of aliphatic hydroxyl groups excluding tert-OH is 1. The second kappa shape index (κ2) is 12.9. The van der Waals surface area contributed by atoms with Gasteiger partial charge in [-0.1, -0.05) is 42.3 Å². The van der Waals surface area contributed by atoms with E-state index < -0.39 is 17.9 Å². The molecule has 1 aromatic heterocycles. The van der Waals surface area contributed by atoms with Crippen LogP contribution in [0.5, 0.6) is 5.75 Å². The number of phenolic OH excluding ortho intramolecular Hbond substituents is 1. The maximum absolute atomic E-state index is 13.1. The number of aliphatic imine (C=N–C) groups is 1. The quantitative estimate of drug-likeness (QED) is 0.193. The second-order valence-electron chi connectivity index (χ2n) is 10.1. The molecular weight excluding hydrogens is 568 g/mol. The van der Waals surface area contributed by atoms with Gasteiger partial charge >= 0.3 is 0 Å². The van der Waals surface area contributed by atoms with Crippen LogP contribution in [0.15, 0.2) is 76.0 Å². The number of aryl methyl sites for hydroxylation is 1. The number of carbonyl (C=O) groups is 3. The van der Waals surface area contributed by atoms with E-state index in [-0.39, 0.29) is 52.4 Å². The van der Waals surface area contributed by atoms with Crippen LogP contribution in [0.1, 0.15) is 33.7 Å². The summed E-state index contributed by atoms with van der Waals surface area (Å²) in [7, 11) is 0. The number of hydrogen-bond acceptors (Lipinski definition) is 8. The van der Waals surface area contributed by atoms with Crippen LogP contribution in [0.3, 0.4) is 0 Å². The van der Waals surface area contributed by atoms with Crippen molar-refractivity contribution in [3.63, 3.8) is 0 Å². The molecule has 0 radical (unpaired) electrons. The highest BCUT2D eigenvalue weighted by molar-refractivity contribution is 7.81. The van der Waals surface area contributed by atoms with Crippen LogP contribution in [-0.4, -0.2) is 63.1 Å². The summed E-state index contributed by atoms with van der Waals surface area (Å²) in [4.78, 5) is 44.2. The van der Waals surface area contributed by atoms with Gasteiger partial charge in [0.25, 0.3) is 11.8 Å². The molecule has 0 saturated carbocycles. The maximum Gasteiger partial charge on any atom is 0.291 e. The van der Waals surface area contributed by atoms with Gasteiger partial charge in [-0.15, -0.1) is 0 Å². The third kappa shape index (κ3) is 6.89. The van der Waals surface area contributed by atoms with Crippen LogP contribution < -0.4 is 10.6 Å². The lowest BCUT2D eigenvalue weighted by Gasteiger charge is -2.18. The number of aliphatic hydroxyl groups is 1. The van der Waals surface area contributed by atoms with E-state index in [4.69, 9.17) is 16.6 Å². The number of thiocarbonyl (C=S) groups is 1. The molecule has 2 aliphatic heterocycles. The zero-order valence-corrected chi connectivity index (χ0v) is 24.0. The monoisotopic (exact) mass is 596 g/mol. The van der Waals surface area contributed by atoms with Gasteiger partial charge in [-0.3, -0.25) is 19.4 Å². The Kier molecular flexibility index (Phi) is 8.80. The van der Waals surface area contributed by atoms with Gasteiger partial charge in [0.1, 0.15) is 5.75 Å². The zero-order chi connectivity index (χ0) is 30.5. The molecule has 43 heavy (non-hydrogen) atoms. The third-order valence-corrected chi connectivity index (χ3v) is 7.49. The molecule has 3 amide bonds. The van der Waals surface area contributed by atoms with Crippen LogP contribution in [0.4, 0.5) is 11.4 Å². The predicted molar refractivity (Wildman–Crippen MR) is 165 cm³/mol. The molecule has 2 aromatic carbocycles. The average molecular weight is 597 g/mol. The number of rotatable bonds is 6. The minimum atomic E-state index is -0.627. The van der Waals surface area contributed by atoms with E-state index in [1.54, 1.807) is 54.3 Å². The van der Waals surface area contributed by atoms with Crippen molar-refractivity contribution in [2.75, 3.05) is 23.7 Å². The molecule has 1 fully saturated rings. The van der Waals surface area contributed by atoms with Gasteiger partial charge in [-0.05, 0) is 43.7 Å². The van der Waals surface area contributed by atoms with Gasteiger partial charge in [-0.2, -0.15) is 0 Å². The Labute approximate surface area is 253 Å². The second-order valence-corrected chi connectivity index (χ2v) is 10.6. The molecular formula is C32H28N4O6S. The number of anilines is 2. The van der Waals surface area contributed by atoms with E-state index in [9.17, 15) is 24.6 Å². The number of phenols is 1. The van der Waals surface area contributed by atoms with E-state index in [1.807, 2.05) is 0 Å². The lowest BCUT2D eigenvalue weighted by Crippen LogP contribution is -2.31. The van der Waals surface area contributed by atoms with Crippen molar-refractivity contribution in [3.8, 4) is 17.6 Å². The number of nitrogens with zero attached hydrogens (tertiary/aromatic N) is 2. The molecule has 4 N–H and O–H groups in total. The van der Waals surface area contributed by atoms with Crippen molar-refractivity contribution in [1.29, 1.82) is 0 Å². The minimum Gasteiger partial charge on any atom is -0.505 e. The molecule has 218 valence electrons. The van der Waals surface area contributed by atoms with Gasteiger partial charge in [0.2, 0.25) is 5.91 Å². The van der Waals surface area contributed by atoms with Crippen molar-refractivity contribution in [1.82, 2.24) is 4.90 Å². The van der Waals surface area contributed by atoms with Crippen LogP contribution in [0, 0.1) is 24.7 Å². The number of aromatic hydroxyl groups is 1. The molecule has 11 heteroatoms. The number of furan rings is 1. The minimum absolute atomic E-state index is 0.0707. The lowest BCUT2D eigenvalue weighted by atomic mass is 9.97. The fourth-order valence-electron chi connectivity index (χ4n) is 4.67. The maximum atomic E-state index is 13.1. The third-order valence-electron chi connectivity index (χ3n) is 7.02. The molecule has 3 heterocycles. The number of benzene rings is 2. The molecule has 0 spiro atoms. The molecule has 1 saturated heterocycles. The van der Waals surface area contributed by atoms with E-state index in [2.05, 4.69) is 27.5 Å². The van der Waals surface area contributed by atoms with Gasteiger partial charge in [0.05, 0.1) is 36.0 Å². The molecule has 2 aliphatic rings. The highest BCUT2D eigenvalue weighted by Gasteiger charge is 2.27. The normalized spacial score (nSPS) is 17.6. The Hall–Kier alpha value is -5.05. The Bertz CT molecular complexity index is 1730. The Morgan fingerprint density at radius 1 is 1.14 bits per heavy atom. The Balaban J connectivity index is 1.23. The number of amides is 3. The number of para-hydroxylation sites is 1. The number of β-amino-alcohol motifs (C(OH)–C–C–N with tert-alkyl or cyclic N) is 1. The van der Waals surface area contributed by atoms with Gasteiger partial charge in [-0.25, -0.2) is 0 Å². The topological polar surface area (TPSA) is 144 Å². The molecule has 3 aromatic rings. The van der Waals surface area contributed by atoms with Crippen molar-refractivity contribution in [3.05, 3.63) is 89.0 Å². The van der Waals surface area contributed by atoms with Crippen molar-refractivity contribution < 1.29 is 29.0 Å². The first kappa shape index (κ1) is 29.4. The number of likely N-dealkylation sites (tertiary alicyclic amines) is 1. The van der Waals surface area contributed by atoms with E-state index >= 15 is 0 Å². The first-order valence-electron chi connectivity index (χ1n) is 13.5. The fraction of sp³-hybridized carbons (Fsp3) is 0.219. The average Bonchev–Trinajstić information content (AvgIpc) is 3.62. The number of nitrogens with one attached hydrogen (secondary N) is 2. The smallest absolute Gasteiger partial charge is 0.291 e. The van der Waals surface area contributed by atoms with Gasteiger partial charge in [0, 0.05) is 52.7 Å². The highest BCUT2D eigenvalue weighted by Crippen LogP contribution is 2.29. The summed E-state index contributed by atoms with van der Waals surface area (Å²) in [5, 5.41) is 25.9. The molecule has 0 bridgehead atoms. The van der Waals surface area contributed by atoms with Crippen molar-refractivity contribution >= 4 is 52.4 Å². The molecule has 5 rings (SSSR count). The number of carbonyl (C=O) groups excluding carboxylic acids is 3. The zero-order valence-electron chi connectivity index (χ0n) is 23.2. The summed E-state index contributed by atoms with van der Waals surface area (Å²) in [6, 6.07) is 13.4. The largest absolute Gasteiger partial charge is 0.505 e. The fourth-order valence-corrected chi connectivity index (χ4v) is 4.94. The van der Waals surface area contributed by atoms with Crippen LogP contribution in [0.25, 0.3) is 0 Å². The molecule has 2 unspecified atom stereocenters. The van der Waals surface area contributed by atoms with Crippen LogP contribution in [0.2, 0.25) is 0 Å². The standard InChI is InChI=1S/C32H28N4O6S/c1-19-11-13-42-29(19)32(41)34-23-6-2-4-20(14-23)8-9-22-16-33-17-25(30(22)43)31(40)35-26-7-3-5-21(28(26)39)15-27(38)36-12-10-24(37)18-36/h2-7,11,13-14,16-17,22,24,37,39H,10,12,15,18H2,1H3,(H,34,41)(H,35,40). The van der Waals surface area contributed by atoms with Crippen molar-refractivity contribution in [2.45, 2.75) is 25.9 Å². The molecule has 2 atom stereocenters. The van der Waals surface area contributed by atoms with Gasteiger partial charge in [0.15, 0.2) is 5.76 Å². The SMILES string of the molecule is Cc1ccoc1C(=O)Nc1cccc(C#CC2C=NC=C(C(=O)Nc3cccc(CC(=O)N4CCC(O)C4)c3O)C2=S)c1. The van der Waals surface area contributed by atoms with Crippen LogP contribution in [-0.2, 0) is 16.0 Å². The first-order chi connectivity index (χ1) is 20.7. The predicted octanol–water partition coefficient (Wildman–Crippen LogP) is 3.63. The lowest BCUT2D eigenvalue weighted by molar-refractivity contribution is -0.129.